The van der Waals surface area contributed by atoms with Gasteiger partial charge in [0.1, 0.15) is 0 Å². The Labute approximate surface area is 76.2 Å². The normalized spacial score (nSPS) is 33.0. The standard InChI is InChI=1S/C8H13NO4/c10-3-2-9-5-8(13-7(9)11)1-4-12-6-8/h10H,1-6H2. The molecule has 74 valence electrons. The van der Waals surface area contributed by atoms with Gasteiger partial charge in [-0.05, 0) is 0 Å². The van der Waals surface area contributed by atoms with Crippen molar-refractivity contribution in [3.8, 4) is 0 Å². The first-order chi connectivity index (χ1) is 6.26. The second-order valence-electron chi connectivity index (χ2n) is 3.50. The molecule has 0 aromatic heterocycles. The molecule has 0 bridgehead atoms. The molecular weight excluding hydrogens is 174 g/mol. The van der Waals surface area contributed by atoms with Gasteiger partial charge in [-0.15, -0.1) is 0 Å². The first-order valence-electron chi connectivity index (χ1n) is 4.42. The summed E-state index contributed by atoms with van der Waals surface area (Å²) < 4.78 is 10.4. The third kappa shape index (κ3) is 1.49. The smallest absolute Gasteiger partial charge is 0.410 e. The van der Waals surface area contributed by atoms with E-state index in [9.17, 15) is 4.79 Å². The summed E-state index contributed by atoms with van der Waals surface area (Å²) in [7, 11) is 0. The van der Waals surface area contributed by atoms with Gasteiger partial charge < -0.3 is 19.5 Å². The Balaban J connectivity index is 2.01. The van der Waals surface area contributed by atoms with E-state index in [1.807, 2.05) is 0 Å². The zero-order chi connectivity index (χ0) is 9.31. The zero-order valence-corrected chi connectivity index (χ0v) is 7.36. The maximum Gasteiger partial charge on any atom is 0.410 e. The van der Waals surface area contributed by atoms with Crippen molar-refractivity contribution in [1.29, 1.82) is 0 Å². The number of aliphatic hydroxyl groups is 1. The van der Waals surface area contributed by atoms with Crippen LogP contribution in [0.2, 0.25) is 0 Å². The minimum atomic E-state index is -0.424. The highest BCUT2D eigenvalue weighted by Crippen LogP contribution is 2.30. The Morgan fingerprint density at radius 1 is 1.62 bits per heavy atom. The molecule has 0 aliphatic carbocycles. The predicted molar refractivity (Wildman–Crippen MR) is 43.3 cm³/mol. The first-order valence-corrected chi connectivity index (χ1v) is 4.42. The van der Waals surface area contributed by atoms with Crippen LogP contribution in [0.5, 0.6) is 0 Å². The number of ether oxygens (including phenoxy) is 2. The van der Waals surface area contributed by atoms with E-state index < -0.39 is 5.60 Å². The van der Waals surface area contributed by atoms with E-state index in [1.54, 1.807) is 0 Å². The molecule has 1 unspecified atom stereocenters. The van der Waals surface area contributed by atoms with Crippen molar-refractivity contribution in [2.75, 3.05) is 32.9 Å². The molecular formula is C8H13NO4. The van der Waals surface area contributed by atoms with Crippen LogP contribution < -0.4 is 0 Å². The molecule has 0 saturated carbocycles. The monoisotopic (exact) mass is 187 g/mol. The number of nitrogens with zero attached hydrogens (tertiary/aromatic N) is 1. The van der Waals surface area contributed by atoms with Crippen molar-refractivity contribution >= 4 is 6.09 Å². The summed E-state index contributed by atoms with van der Waals surface area (Å²) in [5, 5.41) is 8.69. The van der Waals surface area contributed by atoms with E-state index in [0.717, 1.165) is 6.42 Å². The number of amides is 1. The maximum atomic E-state index is 11.3. The van der Waals surface area contributed by atoms with Crippen LogP contribution >= 0.6 is 0 Å². The summed E-state index contributed by atoms with van der Waals surface area (Å²) in [4.78, 5) is 12.8. The molecule has 2 rings (SSSR count). The Bertz CT molecular complexity index is 212. The highest BCUT2D eigenvalue weighted by atomic mass is 16.6. The van der Waals surface area contributed by atoms with Crippen LogP contribution in [0, 0.1) is 0 Å². The Morgan fingerprint density at radius 2 is 2.46 bits per heavy atom. The maximum absolute atomic E-state index is 11.3. The molecule has 5 nitrogen and oxygen atoms in total. The molecule has 0 aromatic carbocycles. The second-order valence-corrected chi connectivity index (χ2v) is 3.50. The molecule has 2 aliphatic heterocycles. The third-order valence-corrected chi connectivity index (χ3v) is 2.48. The Hall–Kier alpha value is -0.810. The van der Waals surface area contributed by atoms with Gasteiger partial charge in [0.05, 0.1) is 26.4 Å². The van der Waals surface area contributed by atoms with E-state index in [1.165, 1.54) is 4.90 Å². The number of carbonyl (C=O) groups is 1. The largest absolute Gasteiger partial charge is 0.438 e. The number of carbonyl (C=O) groups excluding carboxylic acids is 1. The van der Waals surface area contributed by atoms with Gasteiger partial charge in [0.2, 0.25) is 0 Å². The summed E-state index contributed by atoms with van der Waals surface area (Å²) in [5.41, 5.74) is -0.424. The van der Waals surface area contributed by atoms with Crippen LogP contribution in [0.4, 0.5) is 4.79 Å². The van der Waals surface area contributed by atoms with Gasteiger partial charge >= 0.3 is 6.09 Å². The molecule has 2 saturated heterocycles. The molecule has 0 aromatic rings. The summed E-state index contributed by atoms with van der Waals surface area (Å²) in [5.74, 6) is 0. The van der Waals surface area contributed by atoms with Gasteiger partial charge in [0.15, 0.2) is 5.60 Å². The van der Waals surface area contributed by atoms with Gasteiger partial charge in [-0.3, -0.25) is 0 Å². The lowest BCUT2D eigenvalue weighted by molar-refractivity contribution is 0.0435. The molecule has 1 amide bonds. The van der Waals surface area contributed by atoms with E-state index >= 15 is 0 Å². The van der Waals surface area contributed by atoms with Gasteiger partial charge in [0, 0.05) is 13.0 Å². The minimum absolute atomic E-state index is 0.0218. The van der Waals surface area contributed by atoms with Crippen LogP contribution in [0.3, 0.4) is 0 Å². The average molecular weight is 187 g/mol. The summed E-state index contributed by atoms with van der Waals surface area (Å²) in [6.45, 7) is 2.01. The predicted octanol–water partition coefficient (Wildman–Crippen LogP) is -0.410. The lowest BCUT2D eigenvalue weighted by Crippen LogP contribution is -2.35. The van der Waals surface area contributed by atoms with E-state index in [0.29, 0.717) is 26.3 Å². The summed E-state index contributed by atoms with van der Waals surface area (Å²) >= 11 is 0. The van der Waals surface area contributed by atoms with Crippen molar-refractivity contribution < 1.29 is 19.4 Å². The SMILES string of the molecule is O=C1OC2(CCOC2)CN1CCO. The van der Waals surface area contributed by atoms with Gasteiger partial charge in [-0.1, -0.05) is 0 Å². The topological polar surface area (TPSA) is 59.0 Å². The molecule has 1 atom stereocenters. The highest BCUT2D eigenvalue weighted by Gasteiger charge is 2.47. The highest BCUT2D eigenvalue weighted by molar-refractivity contribution is 5.70. The molecule has 2 aliphatic rings. The second kappa shape index (κ2) is 3.16. The number of rotatable bonds is 2. The molecule has 13 heavy (non-hydrogen) atoms. The van der Waals surface area contributed by atoms with Crippen molar-refractivity contribution in [1.82, 2.24) is 4.90 Å². The van der Waals surface area contributed by atoms with Crippen LogP contribution in [-0.2, 0) is 9.47 Å². The fourth-order valence-electron chi connectivity index (χ4n) is 1.78. The first kappa shape index (κ1) is 8.77. The minimum Gasteiger partial charge on any atom is -0.438 e. The van der Waals surface area contributed by atoms with Crippen LogP contribution in [0.25, 0.3) is 0 Å². The average Bonchev–Trinajstić information content (AvgIpc) is 2.63. The fourth-order valence-corrected chi connectivity index (χ4v) is 1.78. The van der Waals surface area contributed by atoms with Crippen molar-refractivity contribution in [2.45, 2.75) is 12.0 Å². The molecule has 5 heteroatoms. The van der Waals surface area contributed by atoms with Gasteiger partial charge in [-0.25, -0.2) is 4.79 Å². The third-order valence-electron chi connectivity index (χ3n) is 2.48. The molecule has 2 heterocycles. The molecule has 2 fully saturated rings. The molecule has 1 N–H and O–H groups in total. The Morgan fingerprint density at radius 3 is 3.08 bits per heavy atom. The van der Waals surface area contributed by atoms with Crippen LogP contribution in [0.1, 0.15) is 6.42 Å². The summed E-state index contributed by atoms with van der Waals surface area (Å²) in [6.07, 6.45) is 0.431. The van der Waals surface area contributed by atoms with Gasteiger partial charge in [0.25, 0.3) is 0 Å². The fraction of sp³-hybridized carbons (Fsp3) is 0.875. The number of aliphatic hydroxyl groups excluding tert-OH is 1. The number of hydrogen-bond acceptors (Lipinski definition) is 4. The van der Waals surface area contributed by atoms with Crippen molar-refractivity contribution in [2.24, 2.45) is 0 Å². The van der Waals surface area contributed by atoms with Crippen molar-refractivity contribution in [3.63, 3.8) is 0 Å². The number of hydrogen-bond donors (Lipinski definition) is 1. The number of β-amino-alcohol motifs (C(OH)–C–C–N with tert-alkyl or cyclic N) is 1. The lowest BCUT2D eigenvalue weighted by Gasteiger charge is -2.17. The van der Waals surface area contributed by atoms with Crippen molar-refractivity contribution in [3.05, 3.63) is 0 Å². The van der Waals surface area contributed by atoms with E-state index in [2.05, 4.69) is 0 Å². The lowest BCUT2D eigenvalue weighted by atomic mass is 10.0. The van der Waals surface area contributed by atoms with Gasteiger partial charge in [-0.2, -0.15) is 0 Å². The van der Waals surface area contributed by atoms with Crippen LogP contribution in [-0.4, -0.2) is 54.6 Å². The molecule has 1 spiro atoms. The van der Waals surface area contributed by atoms with E-state index in [4.69, 9.17) is 14.6 Å². The Kier molecular flexibility index (Phi) is 2.13. The zero-order valence-electron chi connectivity index (χ0n) is 7.36. The molecule has 0 radical (unpaired) electrons. The summed E-state index contributed by atoms with van der Waals surface area (Å²) in [6, 6.07) is 0. The quantitative estimate of drug-likeness (QED) is 0.638. The van der Waals surface area contributed by atoms with Crippen LogP contribution in [0.15, 0.2) is 0 Å². The van der Waals surface area contributed by atoms with E-state index in [-0.39, 0.29) is 12.7 Å².